The van der Waals surface area contributed by atoms with Crippen molar-refractivity contribution in [1.29, 1.82) is 0 Å². The third-order valence-electron chi connectivity index (χ3n) is 5.16. The number of halogens is 1. The van der Waals surface area contributed by atoms with E-state index < -0.39 is 0 Å². The van der Waals surface area contributed by atoms with Gasteiger partial charge in [-0.05, 0) is 61.7 Å². The minimum Gasteiger partial charge on any atom is -0.368 e. The number of fused-ring (bicyclic) bond motifs is 1. The molecule has 0 bridgehead atoms. The van der Waals surface area contributed by atoms with Crippen molar-refractivity contribution in [2.24, 2.45) is 0 Å². The summed E-state index contributed by atoms with van der Waals surface area (Å²) in [6.07, 6.45) is 3.74. The highest BCUT2D eigenvalue weighted by molar-refractivity contribution is 5.90. The smallest absolute Gasteiger partial charge is 0.220 e. The van der Waals surface area contributed by atoms with Crippen molar-refractivity contribution in [3.8, 4) is 22.4 Å². The Labute approximate surface area is 161 Å². The Bertz CT molecular complexity index is 1200. The number of aryl methyl sites for hydroxylation is 1. The summed E-state index contributed by atoms with van der Waals surface area (Å²) in [6.45, 7) is 1.97. The van der Waals surface area contributed by atoms with Crippen molar-refractivity contribution in [2.45, 2.75) is 25.7 Å². The molecule has 0 radical (unpaired) electrons. The van der Waals surface area contributed by atoms with Crippen molar-refractivity contribution in [3.63, 3.8) is 0 Å². The Kier molecular flexibility index (Phi) is 3.79. The molecule has 0 saturated heterocycles. The zero-order valence-corrected chi connectivity index (χ0v) is 15.4. The van der Waals surface area contributed by atoms with Crippen LogP contribution in [0.4, 0.5) is 10.3 Å². The van der Waals surface area contributed by atoms with E-state index in [1.54, 1.807) is 18.5 Å². The van der Waals surface area contributed by atoms with Gasteiger partial charge in [0, 0.05) is 28.1 Å². The first kappa shape index (κ1) is 16.7. The summed E-state index contributed by atoms with van der Waals surface area (Å²) in [5.41, 5.74) is 12.3. The van der Waals surface area contributed by atoms with Gasteiger partial charge in [0.2, 0.25) is 5.95 Å². The Hall–Kier alpha value is -3.41. The van der Waals surface area contributed by atoms with Crippen LogP contribution in [-0.2, 0) is 0 Å². The molecule has 4 aromatic rings. The maximum Gasteiger partial charge on any atom is 0.220 e. The van der Waals surface area contributed by atoms with Crippen LogP contribution in [0.5, 0.6) is 0 Å². The molecule has 0 unspecified atom stereocenters. The van der Waals surface area contributed by atoms with Crippen LogP contribution in [0.3, 0.4) is 0 Å². The topological polar surface area (TPSA) is 77.6 Å². The molecule has 0 spiro atoms. The number of nitrogen functional groups attached to an aromatic ring is 1. The first-order valence-corrected chi connectivity index (χ1v) is 9.25. The summed E-state index contributed by atoms with van der Waals surface area (Å²) >= 11 is 0. The van der Waals surface area contributed by atoms with E-state index in [2.05, 4.69) is 26.0 Å². The van der Waals surface area contributed by atoms with Crippen molar-refractivity contribution in [3.05, 3.63) is 66.0 Å². The molecular formula is C22H18FN5. The average molecular weight is 371 g/mol. The molecule has 6 heteroatoms. The summed E-state index contributed by atoms with van der Waals surface area (Å²) in [5, 5.41) is 0.989. The predicted molar refractivity (Wildman–Crippen MR) is 107 cm³/mol. The Balaban J connectivity index is 1.80. The highest BCUT2D eigenvalue weighted by atomic mass is 19.1. The van der Waals surface area contributed by atoms with Crippen LogP contribution in [0.2, 0.25) is 0 Å². The summed E-state index contributed by atoms with van der Waals surface area (Å²) in [6, 6.07) is 12.4. The molecule has 1 saturated carbocycles. The fourth-order valence-electron chi connectivity index (χ4n) is 3.59. The molecule has 0 aliphatic heterocycles. The van der Waals surface area contributed by atoms with Crippen LogP contribution in [0.1, 0.15) is 30.1 Å². The lowest BCUT2D eigenvalue weighted by molar-refractivity contribution is 0.628. The molecule has 2 heterocycles. The van der Waals surface area contributed by atoms with Gasteiger partial charge in [-0.2, -0.15) is 0 Å². The molecule has 138 valence electrons. The maximum atomic E-state index is 13.5. The number of benzene rings is 2. The molecule has 5 nitrogen and oxygen atoms in total. The van der Waals surface area contributed by atoms with E-state index in [1.807, 2.05) is 19.1 Å². The third kappa shape index (κ3) is 2.87. The number of hydrogen-bond donors (Lipinski definition) is 1. The first-order chi connectivity index (χ1) is 13.6. The second-order valence-corrected chi connectivity index (χ2v) is 7.16. The van der Waals surface area contributed by atoms with Crippen molar-refractivity contribution in [1.82, 2.24) is 19.9 Å². The largest absolute Gasteiger partial charge is 0.368 e. The van der Waals surface area contributed by atoms with E-state index in [4.69, 9.17) is 5.73 Å². The molecular weight excluding hydrogens is 353 g/mol. The fourth-order valence-corrected chi connectivity index (χ4v) is 3.59. The Morgan fingerprint density at radius 3 is 2.46 bits per heavy atom. The molecule has 1 aliphatic carbocycles. The number of anilines is 1. The minimum atomic E-state index is -0.284. The van der Waals surface area contributed by atoms with Gasteiger partial charge in [-0.3, -0.25) is 0 Å². The monoisotopic (exact) mass is 371 g/mol. The SMILES string of the molecule is Cc1ncnc2ccc(-c3c(-c4ccc(F)cc4)nc(N)nc3C3CC3)cc12. The number of rotatable bonds is 3. The molecule has 28 heavy (non-hydrogen) atoms. The van der Waals surface area contributed by atoms with Gasteiger partial charge in [-0.15, -0.1) is 0 Å². The normalized spacial score (nSPS) is 13.8. The second-order valence-electron chi connectivity index (χ2n) is 7.16. The molecule has 2 aromatic heterocycles. The van der Waals surface area contributed by atoms with Gasteiger partial charge < -0.3 is 5.73 Å². The fraction of sp³-hybridized carbons (Fsp3) is 0.182. The lowest BCUT2D eigenvalue weighted by Crippen LogP contribution is -2.04. The van der Waals surface area contributed by atoms with Crippen molar-refractivity contribution < 1.29 is 4.39 Å². The highest BCUT2D eigenvalue weighted by Gasteiger charge is 2.31. The maximum absolute atomic E-state index is 13.5. The van der Waals surface area contributed by atoms with Crippen LogP contribution in [0.25, 0.3) is 33.3 Å². The molecule has 1 fully saturated rings. The van der Waals surface area contributed by atoms with Gasteiger partial charge >= 0.3 is 0 Å². The molecule has 2 N–H and O–H groups in total. The van der Waals surface area contributed by atoms with Gasteiger partial charge in [0.05, 0.1) is 16.9 Å². The van der Waals surface area contributed by atoms with Gasteiger partial charge in [0.25, 0.3) is 0 Å². The minimum absolute atomic E-state index is 0.241. The molecule has 2 aromatic carbocycles. The van der Waals surface area contributed by atoms with E-state index in [0.717, 1.165) is 57.5 Å². The zero-order chi connectivity index (χ0) is 19.3. The Morgan fingerprint density at radius 1 is 0.964 bits per heavy atom. The van der Waals surface area contributed by atoms with Crippen molar-refractivity contribution in [2.75, 3.05) is 5.73 Å². The Morgan fingerprint density at radius 2 is 1.71 bits per heavy atom. The van der Waals surface area contributed by atoms with E-state index in [-0.39, 0.29) is 11.8 Å². The van der Waals surface area contributed by atoms with Gasteiger partial charge in [0.15, 0.2) is 0 Å². The van der Waals surface area contributed by atoms with Crippen LogP contribution in [0.15, 0.2) is 48.8 Å². The number of nitrogens with zero attached hydrogens (tertiary/aromatic N) is 4. The van der Waals surface area contributed by atoms with Gasteiger partial charge in [0.1, 0.15) is 12.1 Å². The second kappa shape index (κ2) is 6.34. The van der Waals surface area contributed by atoms with E-state index in [0.29, 0.717) is 5.92 Å². The van der Waals surface area contributed by atoms with E-state index in [1.165, 1.54) is 12.1 Å². The summed E-state index contributed by atoms with van der Waals surface area (Å²) < 4.78 is 13.5. The third-order valence-corrected chi connectivity index (χ3v) is 5.16. The first-order valence-electron chi connectivity index (χ1n) is 9.25. The number of aromatic nitrogens is 4. The molecule has 1 aliphatic rings. The van der Waals surface area contributed by atoms with Gasteiger partial charge in [-0.25, -0.2) is 24.3 Å². The summed E-state index contributed by atoms with van der Waals surface area (Å²) in [4.78, 5) is 17.8. The van der Waals surface area contributed by atoms with Gasteiger partial charge in [-0.1, -0.05) is 6.07 Å². The van der Waals surface area contributed by atoms with Crippen LogP contribution < -0.4 is 5.73 Å². The lowest BCUT2D eigenvalue weighted by Gasteiger charge is -2.15. The summed E-state index contributed by atoms with van der Waals surface area (Å²) in [5.74, 6) is 0.335. The molecule has 0 atom stereocenters. The standard InChI is InChI=1S/C22H18FN5/c1-12-17-10-15(6-9-18(17)26-11-25-12)19-20(13-2-3-13)27-22(24)28-21(19)14-4-7-16(23)8-5-14/h4-11,13H,2-3H2,1H3,(H2,24,27,28). The lowest BCUT2D eigenvalue weighted by atomic mass is 9.94. The highest BCUT2D eigenvalue weighted by Crippen LogP contribution is 2.46. The van der Waals surface area contributed by atoms with Crippen LogP contribution >= 0.6 is 0 Å². The van der Waals surface area contributed by atoms with E-state index >= 15 is 0 Å². The van der Waals surface area contributed by atoms with Crippen LogP contribution in [0, 0.1) is 12.7 Å². The van der Waals surface area contributed by atoms with Crippen LogP contribution in [-0.4, -0.2) is 19.9 Å². The van der Waals surface area contributed by atoms with Crippen molar-refractivity contribution >= 4 is 16.9 Å². The summed E-state index contributed by atoms with van der Waals surface area (Å²) in [7, 11) is 0. The quantitative estimate of drug-likeness (QED) is 0.567. The van der Waals surface area contributed by atoms with E-state index in [9.17, 15) is 4.39 Å². The molecule has 5 rings (SSSR count). The zero-order valence-electron chi connectivity index (χ0n) is 15.4. The average Bonchev–Trinajstić information content (AvgIpc) is 3.53. The number of hydrogen-bond acceptors (Lipinski definition) is 5. The molecule has 0 amide bonds. The predicted octanol–water partition coefficient (Wildman–Crippen LogP) is 4.66. The number of nitrogens with two attached hydrogens (primary N) is 1.